The Morgan fingerprint density at radius 2 is 1.71 bits per heavy atom. The van der Waals surface area contributed by atoms with Crippen LogP contribution in [0.4, 0.5) is 26.3 Å². The van der Waals surface area contributed by atoms with Crippen molar-refractivity contribution in [3.05, 3.63) is 27.5 Å². The summed E-state index contributed by atoms with van der Waals surface area (Å²) in [6.07, 6.45) is -10.1. The molecule has 0 radical (unpaired) electrons. The van der Waals surface area contributed by atoms with Crippen LogP contribution in [0.25, 0.3) is 0 Å². The molecule has 1 aromatic rings. The number of ether oxygens (including phenoxy) is 1. The first-order valence-electron chi connectivity index (χ1n) is 4.07. The van der Waals surface area contributed by atoms with Gasteiger partial charge in [0.2, 0.25) is 5.88 Å². The van der Waals surface area contributed by atoms with Crippen molar-refractivity contribution in [3.63, 3.8) is 0 Å². The Morgan fingerprint density at radius 3 is 2.12 bits per heavy atom. The van der Waals surface area contributed by atoms with E-state index in [1.54, 1.807) is 4.98 Å². The smallest absolute Gasteiger partial charge is 0.390 e. The molecule has 0 saturated heterocycles. The third-order valence-corrected chi connectivity index (χ3v) is 1.78. The lowest BCUT2D eigenvalue weighted by Gasteiger charge is -2.14. The van der Waals surface area contributed by atoms with Crippen molar-refractivity contribution >= 4 is 0 Å². The molecule has 0 bridgehead atoms. The van der Waals surface area contributed by atoms with E-state index in [4.69, 9.17) is 0 Å². The first-order chi connectivity index (χ1) is 7.50. The second-order valence-electron chi connectivity index (χ2n) is 3.05. The molecule has 0 aliphatic carbocycles. The number of alkyl halides is 6. The van der Waals surface area contributed by atoms with Crippen LogP contribution in [-0.4, -0.2) is 11.3 Å². The van der Waals surface area contributed by atoms with Crippen LogP contribution < -0.4 is 10.3 Å². The predicted octanol–water partition coefficient (Wildman–Crippen LogP) is 2.60. The van der Waals surface area contributed by atoms with E-state index in [0.29, 0.717) is 0 Å². The van der Waals surface area contributed by atoms with Gasteiger partial charge in [-0.25, -0.2) is 0 Å². The Morgan fingerprint density at radius 1 is 1.18 bits per heavy atom. The summed E-state index contributed by atoms with van der Waals surface area (Å²) in [5.74, 6) is -1.27. The fourth-order valence-electron chi connectivity index (χ4n) is 1.12. The molecule has 0 aliphatic heterocycles. The normalized spacial score (nSPS) is 12.6. The molecule has 0 aliphatic rings. The predicted molar refractivity (Wildman–Crippen MR) is 43.5 cm³/mol. The van der Waals surface area contributed by atoms with Gasteiger partial charge in [0, 0.05) is 11.6 Å². The van der Waals surface area contributed by atoms with E-state index in [2.05, 4.69) is 4.74 Å². The number of nitrogens with one attached hydrogen (secondary N) is 1. The molecule has 1 N–H and O–H groups in total. The monoisotopic (exact) mass is 261 g/mol. The fraction of sp³-hybridized carbons (Fsp3) is 0.375. The first kappa shape index (κ1) is 13.4. The zero-order valence-electron chi connectivity index (χ0n) is 8.16. The summed E-state index contributed by atoms with van der Waals surface area (Å²) in [4.78, 5) is 12.3. The second kappa shape index (κ2) is 3.97. The van der Waals surface area contributed by atoms with Crippen molar-refractivity contribution in [1.82, 2.24) is 4.98 Å². The van der Waals surface area contributed by atoms with Crippen molar-refractivity contribution in [2.75, 3.05) is 0 Å². The van der Waals surface area contributed by atoms with E-state index in [-0.39, 0.29) is 6.07 Å². The van der Waals surface area contributed by atoms with Gasteiger partial charge < -0.3 is 4.74 Å². The Kier molecular flexibility index (Phi) is 3.13. The van der Waals surface area contributed by atoms with Gasteiger partial charge in [0.25, 0.3) is 5.56 Å². The van der Waals surface area contributed by atoms with Gasteiger partial charge in [0.15, 0.2) is 0 Å². The average Bonchev–Trinajstić information content (AvgIpc) is 2.06. The molecule has 0 spiro atoms. The lowest BCUT2D eigenvalue weighted by atomic mass is 10.1. The summed E-state index contributed by atoms with van der Waals surface area (Å²) in [5.41, 5.74) is -3.64. The Hall–Kier alpha value is -1.67. The highest BCUT2D eigenvalue weighted by molar-refractivity contribution is 5.35. The summed E-state index contributed by atoms with van der Waals surface area (Å²) in [6, 6.07) is 0.165. The molecule has 0 saturated carbocycles. The molecule has 0 aromatic carbocycles. The summed E-state index contributed by atoms with van der Waals surface area (Å²) in [7, 11) is 0. The number of aromatic amines is 1. The van der Waals surface area contributed by atoms with Gasteiger partial charge in [-0.1, -0.05) is 0 Å². The fourth-order valence-corrected chi connectivity index (χ4v) is 1.12. The zero-order chi connectivity index (χ0) is 13.4. The molecule has 1 aromatic heterocycles. The lowest BCUT2D eigenvalue weighted by Crippen LogP contribution is -2.23. The van der Waals surface area contributed by atoms with Crippen molar-refractivity contribution < 1.29 is 31.1 Å². The topological polar surface area (TPSA) is 42.1 Å². The van der Waals surface area contributed by atoms with Crippen LogP contribution in [0.1, 0.15) is 11.1 Å². The second-order valence-corrected chi connectivity index (χ2v) is 3.05. The molecule has 1 heterocycles. The quantitative estimate of drug-likeness (QED) is 0.789. The maximum Gasteiger partial charge on any atom is 0.574 e. The number of halogens is 6. The summed E-state index contributed by atoms with van der Waals surface area (Å²) in [5, 5.41) is 0. The molecule has 3 nitrogen and oxygen atoms in total. The SMILES string of the molecule is Cc1c(C(F)(F)F)cc(=O)[nH]c1OC(F)(F)F. The Balaban J connectivity index is 3.35. The van der Waals surface area contributed by atoms with E-state index in [9.17, 15) is 31.1 Å². The van der Waals surface area contributed by atoms with E-state index in [0.717, 1.165) is 6.92 Å². The van der Waals surface area contributed by atoms with Gasteiger partial charge in [-0.3, -0.25) is 9.78 Å². The molecule has 17 heavy (non-hydrogen) atoms. The number of hydrogen-bond acceptors (Lipinski definition) is 2. The minimum absolute atomic E-state index is 0.165. The van der Waals surface area contributed by atoms with Crippen LogP contribution in [0.3, 0.4) is 0 Å². The highest BCUT2D eigenvalue weighted by Gasteiger charge is 2.37. The number of rotatable bonds is 1. The van der Waals surface area contributed by atoms with Crippen LogP contribution in [0.2, 0.25) is 0 Å². The van der Waals surface area contributed by atoms with Gasteiger partial charge in [-0.15, -0.1) is 13.2 Å². The van der Waals surface area contributed by atoms with Crippen LogP contribution in [0.5, 0.6) is 5.88 Å². The average molecular weight is 261 g/mol. The maximum atomic E-state index is 12.4. The number of aromatic nitrogens is 1. The van der Waals surface area contributed by atoms with E-state index in [1.807, 2.05) is 0 Å². The maximum absolute atomic E-state index is 12.4. The number of pyridine rings is 1. The molecular formula is C8H5F6NO2. The molecule has 0 unspecified atom stereocenters. The minimum Gasteiger partial charge on any atom is -0.390 e. The van der Waals surface area contributed by atoms with Gasteiger partial charge in [-0.05, 0) is 6.92 Å². The summed E-state index contributed by atoms with van der Waals surface area (Å²) >= 11 is 0. The Bertz CT molecular complexity index is 472. The molecular weight excluding hydrogens is 256 g/mol. The third kappa shape index (κ3) is 3.40. The Labute approximate surface area is 90.0 Å². The highest BCUT2D eigenvalue weighted by Crippen LogP contribution is 2.34. The minimum atomic E-state index is -5.18. The van der Waals surface area contributed by atoms with Gasteiger partial charge in [0.05, 0.1) is 5.56 Å². The van der Waals surface area contributed by atoms with E-state index < -0.39 is 35.1 Å². The lowest BCUT2D eigenvalue weighted by molar-refractivity contribution is -0.276. The molecule has 0 fully saturated rings. The van der Waals surface area contributed by atoms with Crippen molar-refractivity contribution in [3.8, 4) is 5.88 Å². The van der Waals surface area contributed by atoms with Gasteiger partial charge >= 0.3 is 12.5 Å². The summed E-state index contributed by atoms with van der Waals surface area (Å²) in [6.45, 7) is 0.764. The van der Waals surface area contributed by atoms with Crippen molar-refractivity contribution in [1.29, 1.82) is 0 Å². The van der Waals surface area contributed by atoms with Crippen LogP contribution >= 0.6 is 0 Å². The number of hydrogen-bond donors (Lipinski definition) is 1. The number of H-pyrrole nitrogens is 1. The zero-order valence-corrected chi connectivity index (χ0v) is 8.16. The first-order valence-corrected chi connectivity index (χ1v) is 4.07. The van der Waals surface area contributed by atoms with Gasteiger partial charge in [0.1, 0.15) is 0 Å². The van der Waals surface area contributed by atoms with Crippen molar-refractivity contribution in [2.45, 2.75) is 19.5 Å². The summed E-state index contributed by atoms with van der Waals surface area (Å²) < 4.78 is 75.9. The molecule has 9 heteroatoms. The van der Waals surface area contributed by atoms with E-state index >= 15 is 0 Å². The molecule has 0 amide bonds. The van der Waals surface area contributed by atoms with Crippen LogP contribution in [0, 0.1) is 6.92 Å². The van der Waals surface area contributed by atoms with E-state index in [1.165, 1.54) is 0 Å². The van der Waals surface area contributed by atoms with Crippen molar-refractivity contribution in [2.24, 2.45) is 0 Å². The third-order valence-electron chi connectivity index (χ3n) is 1.78. The molecule has 96 valence electrons. The van der Waals surface area contributed by atoms with Crippen LogP contribution in [0.15, 0.2) is 10.9 Å². The van der Waals surface area contributed by atoms with Crippen LogP contribution in [-0.2, 0) is 6.18 Å². The standard InChI is InChI=1S/C8H5F6NO2/c1-3-4(7(9,10)11)2-5(16)15-6(3)17-8(12,13)14/h2H,1H3,(H,15,16). The molecule has 0 atom stereocenters. The molecule has 1 rings (SSSR count). The highest BCUT2D eigenvalue weighted by atomic mass is 19.4. The largest absolute Gasteiger partial charge is 0.574 e. The van der Waals surface area contributed by atoms with Gasteiger partial charge in [-0.2, -0.15) is 13.2 Å².